The maximum atomic E-state index is 8.61. The number of pyridine rings is 1. The fourth-order valence-corrected chi connectivity index (χ4v) is 6.71. The molecule has 0 unspecified atom stereocenters. The first-order valence-corrected chi connectivity index (χ1v) is 16.6. The zero-order valence-corrected chi connectivity index (χ0v) is 28.3. The van der Waals surface area contributed by atoms with E-state index in [1.807, 2.05) is 36.4 Å². The van der Waals surface area contributed by atoms with Crippen molar-refractivity contribution in [1.82, 2.24) is 19.5 Å². The number of furan rings is 1. The molecule has 0 N–H and O–H groups in total. The summed E-state index contributed by atoms with van der Waals surface area (Å²) >= 11 is 0. The van der Waals surface area contributed by atoms with Gasteiger partial charge in [-0.2, -0.15) is 9.97 Å². The van der Waals surface area contributed by atoms with Gasteiger partial charge < -0.3 is 8.83 Å². The second kappa shape index (κ2) is 10.9. The first-order chi connectivity index (χ1) is 24.2. The van der Waals surface area contributed by atoms with Gasteiger partial charge in [0, 0.05) is 14.9 Å². The molecule has 0 spiro atoms. The number of imidazole rings is 1. The van der Waals surface area contributed by atoms with Crippen LogP contribution in [0.25, 0.3) is 72.5 Å². The minimum Gasteiger partial charge on any atom is -0.438 e. The molecule has 0 saturated heterocycles. The highest BCUT2D eigenvalue weighted by molar-refractivity contribution is 6.10. The molecule has 0 fully saturated rings. The summed E-state index contributed by atoms with van der Waals surface area (Å²) in [7, 11) is 0. The largest absolute Gasteiger partial charge is 0.438 e. The SMILES string of the molecule is [2H]C([2H])([2H])c1cccc2nc(-c3cccc4c3oc3nc5nc(C(C)(C)C)oc5cc34)n(-c3c(C(C)C)cc(-c4ccccc4)cc3C(C)C)c12. The third-order valence-electron chi connectivity index (χ3n) is 9.15. The Morgan fingerprint density at radius 2 is 1.46 bits per heavy atom. The van der Waals surface area contributed by atoms with Gasteiger partial charge in [0.2, 0.25) is 17.3 Å². The highest BCUT2D eigenvalue weighted by atomic mass is 16.4. The van der Waals surface area contributed by atoms with Gasteiger partial charge in [-0.25, -0.2) is 4.98 Å². The quantitative estimate of drug-likeness (QED) is 0.188. The molecule has 0 bridgehead atoms. The smallest absolute Gasteiger partial charge is 0.229 e. The van der Waals surface area contributed by atoms with Crippen LogP contribution in [0.15, 0.2) is 93.8 Å². The fourth-order valence-electron chi connectivity index (χ4n) is 6.71. The van der Waals surface area contributed by atoms with E-state index in [-0.39, 0.29) is 22.8 Å². The van der Waals surface area contributed by atoms with Gasteiger partial charge in [0.1, 0.15) is 11.4 Å². The summed E-state index contributed by atoms with van der Waals surface area (Å²) in [5.74, 6) is 1.43. The molecule has 0 aliphatic rings. The Morgan fingerprint density at radius 3 is 2.15 bits per heavy atom. The Hall–Kier alpha value is -5.23. The van der Waals surface area contributed by atoms with Crippen molar-refractivity contribution in [1.29, 1.82) is 0 Å². The van der Waals surface area contributed by atoms with Gasteiger partial charge in [-0.15, -0.1) is 0 Å². The predicted molar refractivity (Wildman–Crippen MR) is 196 cm³/mol. The lowest BCUT2D eigenvalue weighted by Crippen LogP contribution is -2.11. The summed E-state index contributed by atoms with van der Waals surface area (Å²) in [5.41, 5.74) is 9.38. The summed E-state index contributed by atoms with van der Waals surface area (Å²) in [6.45, 7) is 12.5. The van der Waals surface area contributed by atoms with Crippen molar-refractivity contribution in [3.05, 3.63) is 108 Å². The summed E-state index contributed by atoms with van der Waals surface area (Å²) in [4.78, 5) is 14.7. The lowest BCUT2D eigenvalue weighted by Gasteiger charge is -2.24. The minimum atomic E-state index is -2.38. The van der Waals surface area contributed by atoms with Crippen LogP contribution >= 0.6 is 0 Å². The van der Waals surface area contributed by atoms with Gasteiger partial charge in [-0.1, -0.05) is 103 Å². The molecule has 4 aromatic carbocycles. The zero-order chi connectivity index (χ0) is 36.0. The number of benzene rings is 4. The molecule has 4 heterocycles. The van der Waals surface area contributed by atoms with Crippen LogP contribution in [0, 0.1) is 6.85 Å². The van der Waals surface area contributed by atoms with E-state index in [4.69, 9.17) is 22.9 Å². The number of nitrogens with zero attached hydrogens (tertiary/aromatic N) is 4. The molecule has 8 rings (SSSR count). The minimum absolute atomic E-state index is 0.110. The molecule has 0 aliphatic heterocycles. The van der Waals surface area contributed by atoms with Crippen LogP contribution in [0.3, 0.4) is 0 Å². The van der Waals surface area contributed by atoms with Gasteiger partial charge >= 0.3 is 0 Å². The van der Waals surface area contributed by atoms with Crippen molar-refractivity contribution in [3.63, 3.8) is 0 Å². The lowest BCUT2D eigenvalue weighted by atomic mass is 9.88. The van der Waals surface area contributed by atoms with E-state index in [0.29, 0.717) is 45.3 Å². The number of fused-ring (bicyclic) bond motifs is 5. The van der Waals surface area contributed by atoms with E-state index in [2.05, 4.69) is 94.4 Å². The average molecular weight is 636 g/mol. The van der Waals surface area contributed by atoms with Crippen LogP contribution in [-0.2, 0) is 5.41 Å². The van der Waals surface area contributed by atoms with Crippen LogP contribution in [0.2, 0.25) is 0 Å². The summed E-state index contributed by atoms with van der Waals surface area (Å²) in [6, 6.07) is 28.1. The molecule has 0 aliphatic carbocycles. The number of rotatable bonds is 5. The van der Waals surface area contributed by atoms with Crippen LogP contribution in [0.4, 0.5) is 0 Å². The Kier molecular flexibility index (Phi) is 6.09. The summed E-state index contributed by atoms with van der Waals surface area (Å²) in [5, 5.41) is 1.66. The molecule has 6 nitrogen and oxygen atoms in total. The first kappa shape index (κ1) is 26.8. The molecule has 8 aromatic rings. The first-order valence-electron chi connectivity index (χ1n) is 18.1. The van der Waals surface area contributed by atoms with E-state index in [1.165, 1.54) is 0 Å². The van der Waals surface area contributed by atoms with Crippen LogP contribution in [0.1, 0.15) is 87.0 Å². The molecular weight excluding hydrogens is 592 g/mol. The molecule has 48 heavy (non-hydrogen) atoms. The number of hydrogen-bond acceptors (Lipinski definition) is 5. The molecular formula is C42H40N4O2. The van der Waals surface area contributed by atoms with Crippen molar-refractivity contribution < 1.29 is 12.9 Å². The summed E-state index contributed by atoms with van der Waals surface area (Å²) < 4.78 is 40.7. The van der Waals surface area contributed by atoms with Gasteiger partial charge in [-0.05, 0) is 76.8 Å². The van der Waals surface area contributed by atoms with Crippen molar-refractivity contribution >= 4 is 44.3 Å². The number of aromatic nitrogens is 4. The maximum absolute atomic E-state index is 8.61. The molecule has 0 amide bonds. The Morgan fingerprint density at radius 1 is 0.729 bits per heavy atom. The van der Waals surface area contributed by atoms with Crippen LogP contribution in [-0.4, -0.2) is 19.5 Å². The van der Waals surface area contributed by atoms with E-state index in [1.54, 1.807) is 12.1 Å². The number of aryl methyl sites for hydroxylation is 1. The Bertz CT molecular complexity index is 2590. The topological polar surface area (TPSA) is 69.9 Å². The van der Waals surface area contributed by atoms with Gasteiger partial charge in [0.25, 0.3) is 0 Å². The molecule has 0 atom stereocenters. The molecule has 4 aromatic heterocycles. The van der Waals surface area contributed by atoms with Crippen LogP contribution in [0.5, 0.6) is 0 Å². The van der Waals surface area contributed by atoms with Crippen molar-refractivity contribution in [2.45, 2.75) is 72.6 Å². The normalized spacial score (nSPS) is 13.7. The summed E-state index contributed by atoms with van der Waals surface area (Å²) in [6.07, 6.45) is 0. The third kappa shape index (κ3) is 4.73. The lowest BCUT2D eigenvalue weighted by molar-refractivity contribution is 0.411. The third-order valence-corrected chi connectivity index (χ3v) is 9.15. The van der Waals surface area contributed by atoms with Crippen molar-refractivity contribution in [3.8, 4) is 28.2 Å². The monoisotopic (exact) mass is 635 g/mol. The zero-order valence-electron chi connectivity index (χ0n) is 31.3. The fraction of sp³-hybridized carbons (Fsp3) is 0.262. The Labute approximate surface area is 284 Å². The van der Waals surface area contributed by atoms with E-state index < -0.39 is 6.85 Å². The molecule has 240 valence electrons. The van der Waals surface area contributed by atoms with E-state index in [0.717, 1.165) is 44.3 Å². The van der Waals surface area contributed by atoms with E-state index >= 15 is 0 Å². The predicted octanol–water partition coefficient (Wildman–Crippen LogP) is 11.6. The van der Waals surface area contributed by atoms with Gasteiger partial charge in [0.15, 0.2) is 5.58 Å². The van der Waals surface area contributed by atoms with Crippen molar-refractivity contribution in [2.24, 2.45) is 0 Å². The maximum Gasteiger partial charge on any atom is 0.229 e. The van der Waals surface area contributed by atoms with Gasteiger partial charge in [-0.3, -0.25) is 4.57 Å². The highest BCUT2D eigenvalue weighted by Gasteiger charge is 2.27. The van der Waals surface area contributed by atoms with Crippen LogP contribution < -0.4 is 0 Å². The standard InChI is InChI=1S/C42H40N4O2/c1-23(2)30-20-27(26-15-10-9-11-16-26)21-31(24(3)4)36(30)46-35-25(5)14-12-19-33(35)43-39(46)29-18-13-17-28-32-22-34-38(44-40(32)48-37(28)29)45-41(47-34)42(6,7)8/h9-24H,1-8H3/i5D3. The number of oxazole rings is 1. The average Bonchev–Trinajstić information content (AvgIpc) is 3.79. The molecule has 0 radical (unpaired) electrons. The molecule has 6 heteroatoms. The van der Waals surface area contributed by atoms with Crippen molar-refractivity contribution in [2.75, 3.05) is 0 Å². The second-order valence-corrected chi connectivity index (χ2v) is 14.3. The highest BCUT2D eigenvalue weighted by Crippen LogP contribution is 2.43. The van der Waals surface area contributed by atoms with Gasteiger partial charge in [0.05, 0.1) is 27.7 Å². The number of hydrogen-bond donors (Lipinski definition) is 0. The van der Waals surface area contributed by atoms with E-state index in [9.17, 15) is 0 Å². The second-order valence-electron chi connectivity index (χ2n) is 14.3. The number of para-hydroxylation sites is 2. The Balaban J connectivity index is 1.48. The molecule has 0 saturated carbocycles.